The molecular formula is C21H30N4O5. The smallest absolute Gasteiger partial charge is 0.243 e. The fourth-order valence-electron chi connectivity index (χ4n) is 1.61. The summed E-state index contributed by atoms with van der Waals surface area (Å²) in [4.78, 5) is 28.4. The molecule has 2 rings (SSSR count). The lowest BCUT2D eigenvalue weighted by Gasteiger charge is -2.06. The molecule has 5 N–H and O–H groups in total. The second-order valence-corrected chi connectivity index (χ2v) is 6.30. The van der Waals surface area contributed by atoms with Crippen molar-refractivity contribution in [2.45, 2.75) is 0 Å². The second kappa shape index (κ2) is 14.4. The van der Waals surface area contributed by atoms with Gasteiger partial charge in [-0.1, -0.05) is 24.3 Å². The van der Waals surface area contributed by atoms with Crippen molar-refractivity contribution in [3.63, 3.8) is 0 Å². The molecular weight excluding hydrogens is 388 g/mol. The van der Waals surface area contributed by atoms with E-state index < -0.39 is 0 Å². The summed E-state index contributed by atoms with van der Waals surface area (Å²) in [6.07, 6.45) is 1.50. The molecule has 30 heavy (non-hydrogen) atoms. The van der Waals surface area contributed by atoms with E-state index in [1.165, 1.54) is 28.1 Å². The number of rotatable bonds is 4. The van der Waals surface area contributed by atoms with Gasteiger partial charge in [0.15, 0.2) is 11.5 Å². The molecule has 0 radical (unpaired) electrons. The molecule has 2 aromatic rings. The van der Waals surface area contributed by atoms with Crippen LogP contribution in [-0.2, 0) is 9.59 Å². The summed E-state index contributed by atoms with van der Waals surface area (Å²) < 4.78 is 0. The number of aliphatic imine (C=N–C) groups is 1. The first-order chi connectivity index (χ1) is 14.1. The molecule has 0 unspecified atom stereocenters. The first-order valence-corrected chi connectivity index (χ1v) is 8.95. The third-order valence-electron chi connectivity index (χ3n) is 3.45. The zero-order valence-electron chi connectivity index (χ0n) is 17.7. The van der Waals surface area contributed by atoms with E-state index >= 15 is 0 Å². The molecule has 2 amide bonds. The molecule has 0 saturated heterocycles. The molecule has 0 saturated carbocycles. The first kappa shape index (κ1) is 26.4. The van der Waals surface area contributed by atoms with Gasteiger partial charge in [-0.25, -0.2) is 0 Å². The predicted molar refractivity (Wildman–Crippen MR) is 117 cm³/mol. The van der Waals surface area contributed by atoms with Gasteiger partial charge in [-0.15, -0.1) is 0 Å². The number of phenolic OH excluding ortho intramolecular Hbond substituents is 3. The number of hydrogen-bond acceptors (Lipinski definition) is 7. The van der Waals surface area contributed by atoms with E-state index in [2.05, 4.69) is 4.99 Å². The molecule has 0 aliphatic heterocycles. The van der Waals surface area contributed by atoms with Crippen LogP contribution in [0.5, 0.6) is 17.2 Å². The number of likely N-dealkylation sites (N-methyl/N-ethyl adjacent to an activating group) is 2. The largest absolute Gasteiger partial charge is 0.507 e. The second-order valence-electron chi connectivity index (χ2n) is 6.30. The highest BCUT2D eigenvalue weighted by Crippen LogP contribution is 2.21. The van der Waals surface area contributed by atoms with E-state index in [0.717, 1.165) is 0 Å². The van der Waals surface area contributed by atoms with Gasteiger partial charge in [0.25, 0.3) is 0 Å². The van der Waals surface area contributed by atoms with Crippen LogP contribution < -0.4 is 5.73 Å². The average Bonchev–Trinajstić information content (AvgIpc) is 2.71. The number of hydrogen-bond donors (Lipinski definition) is 4. The Morgan fingerprint density at radius 3 is 1.60 bits per heavy atom. The lowest BCUT2D eigenvalue weighted by molar-refractivity contribution is -0.127. The molecule has 9 heteroatoms. The lowest BCUT2D eigenvalue weighted by Crippen LogP contribution is -2.28. The maximum Gasteiger partial charge on any atom is 0.243 e. The number of nitrogens with two attached hydrogens (primary N) is 1. The zero-order valence-corrected chi connectivity index (χ0v) is 17.7. The van der Waals surface area contributed by atoms with Crippen LogP contribution in [0.1, 0.15) is 5.56 Å². The van der Waals surface area contributed by atoms with Crippen LogP contribution in [0.25, 0.3) is 0 Å². The van der Waals surface area contributed by atoms with Gasteiger partial charge in [0.1, 0.15) is 12.3 Å². The summed E-state index contributed by atoms with van der Waals surface area (Å²) in [6, 6.07) is 13.0. The molecule has 0 spiro atoms. The SMILES string of the molecule is CN(C)C(=O)CN.CN(C)C(=O)CN=Cc1ccccc1O.Oc1ccccc1O. The maximum atomic E-state index is 11.2. The molecule has 2 aromatic carbocycles. The van der Waals surface area contributed by atoms with E-state index in [4.69, 9.17) is 15.9 Å². The van der Waals surface area contributed by atoms with Crippen molar-refractivity contribution in [3.8, 4) is 17.2 Å². The molecule has 164 valence electrons. The highest BCUT2D eigenvalue weighted by molar-refractivity contribution is 5.86. The Kier molecular flexibility index (Phi) is 12.7. The Labute approximate surface area is 176 Å². The van der Waals surface area contributed by atoms with Crippen LogP contribution in [0.2, 0.25) is 0 Å². The molecule has 9 nitrogen and oxygen atoms in total. The van der Waals surface area contributed by atoms with Crippen molar-refractivity contribution >= 4 is 18.0 Å². The van der Waals surface area contributed by atoms with Gasteiger partial charge in [0.05, 0.1) is 6.54 Å². The minimum atomic E-state index is -0.0764. The minimum absolute atomic E-state index is 0.0417. The zero-order chi connectivity index (χ0) is 23.1. The van der Waals surface area contributed by atoms with Crippen LogP contribution in [0.4, 0.5) is 0 Å². The van der Waals surface area contributed by atoms with Crippen molar-refractivity contribution in [1.82, 2.24) is 9.80 Å². The highest BCUT2D eigenvalue weighted by Gasteiger charge is 2.01. The van der Waals surface area contributed by atoms with E-state index in [1.807, 2.05) is 0 Å². The monoisotopic (exact) mass is 418 g/mol. The molecule has 0 aromatic heterocycles. The molecule has 0 aliphatic carbocycles. The Morgan fingerprint density at radius 1 is 0.833 bits per heavy atom. The van der Waals surface area contributed by atoms with Crippen LogP contribution in [0.15, 0.2) is 53.5 Å². The molecule has 0 fully saturated rings. The van der Waals surface area contributed by atoms with Crippen molar-refractivity contribution in [3.05, 3.63) is 54.1 Å². The summed E-state index contributed by atoms with van der Waals surface area (Å²) in [5, 5.41) is 26.7. The van der Waals surface area contributed by atoms with Crippen molar-refractivity contribution < 1.29 is 24.9 Å². The third-order valence-corrected chi connectivity index (χ3v) is 3.45. The molecule has 0 atom stereocenters. The minimum Gasteiger partial charge on any atom is -0.507 e. The Hall–Kier alpha value is -3.59. The van der Waals surface area contributed by atoms with E-state index in [9.17, 15) is 14.7 Å². The maximum absolute atomic E-state index is 11.2. The number of aromatic hydroxyl groups is 3. The normalized spacial score (nSPS) is 9.63. The number of amides is 2. The number of carbonyl (C=O) groups excluding carboxylic acids is 2. The van der Waals surface area contributed by atoms with Gasteiger partial charge in [-0.05, 0) is 24.3 Å². The number of benzene rings is 2. The van der Waals surface area contributed by atoms with Crippen LogP contribution >= 0.6 is 0 Å². The first-order valence-electron chi connectivity index (χ1n) is 8.95. The number of para-hydroxylation sites is 3. The lowest BCUT2D eigenvalue weighted by atomic mass is 10.2. The summed E-state index contributed by atoms with van der Waals surface area (Å²) in [6.45, 7) is 0.203. The standard InChI is InChI=1S/C11H14N2O2.C6H6O2.C4H10N2O/c1-13(2)11(15)8-12-7-9-5-3-4-6-10(9)14;7-5-3-1-2-4-6(5)8;1-6(2)4(7)3-5/h3-7,14H,8H2,1-2H3;1-4,7-8H;3,5H2,1-2H3. The summed E-state index contributed by atoms with van der Waals surface area (Å²) in [5.74, 6) is -0.0970. The van der Waals surface area contributed by atoms with Crippen molar-refractivity contribution in [2.24, 2.45) is 10.7 Å². The van der Waals surface area contributed by atoms with Crippen molar-refractivity contribution in [2.75, 3.05) is 41.3 Å². The average molecular weight is 418 g/mol. The van der Waals surface area contributed by atoms with E-state index in [-0.39, 0.29) is 42.2 Å². The Balaban J connectivity index is 0.000000471. The molecule has 0 aliphatic rings. The number of phenols is 3. The van der Waals surface area contributed by atoms with Gasteiger partial charge in [-0.2, -0.15) is 0 Å². The Bertz CT molecular complexity index is 802. The summed E-state index contributed by atoms with van der Waals surface area (Å²) in [7, 11) is 6.71. The van der Waals surface area contributed by atoms with Crippen LogP contribution in [0.3, 0.4) is 0 Å². The van der Waals surface area contributed by atoms with Crippen molar-refractivity contribution in [1.29, 1.82) is 0 Å². The predicted octanol–water partition coefficient (Wildman–Crippen LogP) is 1.03. The van der Waals surface area contributed by atoms with E-state index in [0.29, 0.717) is 5.56 Å². The third kappa shape index (κ3) is 11.3. The highest BCUT2D eigenvalue weighted by atomic mass is 16.3. The summed E-state index contributed by atoms with van der Waals surface area (Å²) >= 11 is 0. The van der Waals surface area contributed by atoms with Crippen LogP contribution in [-0.4, -0.2) is 84.4 Å². The molecule has 0 bridgehead atoms. The summed E-state index contributed by atoms with van der Waals surface area (Å²) in [5.41, 5.74) is 5.60. The topological polar surface area (TPSA) is 140 Å². The fourth-order valence-corrected chi connectivity index (χ4v) is 1.61. The quantitative estimate of drug-likeness (QED) is 0.432. The van der Waals surface area contributed by atoms with Gasteiger partial charge in [0.2, 0.25) is 11.8 Å². The van der Waals surface area contributed by atoms with Gasteiger partial charge in [0, 0.05) is 40.0 Å². The van der Waals surface area contributed by atoms with Crippen LogP contribution in [0, 0.1) is 0 Å². The van der Waals surface area contributed by atoms with Gasteiger partial charge in [-0.3, -0.25) is 14.6 Å². The number of nitrogens with zero attached hydrogens (tertiary/aromatic N) is 3. The number of carbonyl (C=O) groups is 2. The fraction of sp³-hybridized carbons (Fsp3) is 0.286. The molecule has 0 heterocycles. The van der Waals surface area contributed by atoms with E-state index in [1.54, 1.807) is 64.6 Å². The van der Waals surface area contributed by atoms with Gasteiger partial charge >= 0.3 is 0 Å². The van der Waals surface area contributed by atoms with Gasteiger partial charge < -0.3 is 30.9 Å². The Morgan fingerprint density at radius 2 is 1.27 bits per heavy atom.